The zero-order valence-corrected chi connectivity index (χ0v) is 15.1. The van der Waals surface area contributed by atoms with Crippen LogP contribution in [-0.4, -0.2) is 54.7 Å². The summed E-state index contributed by atoms with van der Waals surface area (Å²) in [5, 5.41) is 9.43. The highest BCUT2D eigenvalue weighted by Gasteiger charge is 2.58. The molecule has 2 aromatic rings. The van der Waals surface area contributed by atoms with E-state index >= 15 is 0 Å². The van der Waals surface area contributed by atoms with E-state index in [2.05, 4.69) is 37.5 Å². The van der Waals surface area contributed by atoms with E-state index in [4.69, 9.17) is 14.2 Å². The van der Waals surface area contributed by atoms with Gasteiger partial charge in [0.15, 0.2) is 23.8 Å². The fraction of sp³-hybridized carbons (Fsp3) is 0.571. The van der Waals surface area contributed by atoms with Gasteiger partial charge in [0.05, 0.1) is 12.0 Å². The lowest BCUT2D eigenvalue weighted by Crippen LogP contribution is -2.35. The molecule has 1 N–H and O–H groups in total. The van der Waals surface area contributed by atoms with Gasteiger partial charge in [0.25, 0.3) is 0 Å². The molecule has 4 heterocycles. The molecule has 0 radical (unpaired) electrons. The van der Waals surface area contributed by atoms with E-state index < -0.39 is 36.3 Å². The molecule has 2 aliphatic rings. The number of fused-ring (bicyclic) bond motifs is 2. The Labute approximate surface area is 150 Å². The molecule has 0 bridgehead atoms. The van der Waals surface area contributed by atoms with Gasteiger partial charge in [-0.15, -0.1) is 0 Å². The predicted octanol–water partition coefficient (Wildman–Crippen LogP) is 1.26. The van der Waals surface area contributed by atoms with Gasteiger partial charge in [-0.05, 0) is 13.8 Å². The first-order valence-corrected chi connectivity index (χ1v) is 8.90. The van der Waals surface area contributed by atoms with Gasteiger partial charge in [-0.2, -0.15) is 0 Å². The monoisotopic (exact) mass is 446 g/mol. The minimum absolute atomic E-state index is 0.559. The molecule has 0 unspecified atom stereocenters. The molecular formula is C14H15IN4O5. The van der Waals surface area contributed by atoms with E-state index in [0.717, 1.165) is 5.69 Å². The molecule has 0 saturated carbocycles. The minimum atomic E-state index is -1.11. The molecule has 0 aromatic carbocycles. The summed E-state index contributed by atoms with van der Waals surface area (Å²) >= 11 is 2.21. The number of ether oxygens (including phenoxy) is 3. The number of carbonyl (C=O) groups is 1. The maximum atomic E-state index is 11.5. The first-order valence-electron chi connectivity index (χ1n) is 7.37. The van der Waals surface area contributed by atoms with Gasteiger partial charge in [-0.1, -0.05) is 22.6 Å². The molecule has 0 aliphatic carbocycles. The lowest BCUT2D eigenvalue weighted by Gasteiger charge is -2.23. The van der Waals surface area contributed by atoms with E-state index in [9.17, 15) is 9.90 Å². The number of aromatic nitrogens is 4. The number of rotatable bonds is 3. The van der Waals surface area contributed by atoms with E-state index in [1.807, 2.05) is 0 Å². The Morgan fingerprint density at radius 1 is 1.33 bits per heavy atom. The minimum Gasteiger partial charge on any atom is -0.479 e. The van der Waals surface area contributed by atoms with E-state index in [1.54, 1.807) is 24.7 Å². The molecule has 2 aromatic heterocycles. The number of hydrogen-bond acceptors (Lipinski definition) is 7. The second kappa shape index (κ2) is 5.58. The lowest BCUT2D eigenvalue weighted by molar-refractivity contribution is -0.202. The standard InChI is InChI=1S/C14H15IN4O5/c1-14(2)23-8-9(24-14)12(22-10(8)13(20)21)19-5-18-7-6(3-15)16-4-17-11(7)19/h4-5,8-10,12H,3H2,1-2H3,(H,20,21)/t8-,9+,10-,12+/m0/s1. The maximum Gasteiger partial charge on any atom is 0.335 e. The average molecular weight is 446 g/mol. The summed E-state index contributed by atoms with van der Waals surface area (Å²) in [6.07, 6.45) is 0.00809. The molecule has 2 fully saturated rings. The van der Waals surface area contributed by atoms with Crippen molar-refractivity contribution in [3.8, 4) is 0 Å². The average Bonchev–Trinajstić information content (AvgIpc) is 3.16. The van der Waals surface area contributed by atoms with Crippen LogP contribution in [0, 0.1) is 0 Å². The van der Waals surface area contributed by atoms with Crippen LogP contribution in [0.5, 0.6) is 0 Å². The topological polar surface area (TPSA) is 109 Å². The van der Waals surface area contributed by atoms with Crippen LogP contribution in [-0.2, 0) is 23.4 Å². The Morgan fingerprint density at radius 2 is 2.08 bits per heavy atom. The van der Waals surface area contributed by atoms with Gasteiger partial charge in [0.1, 0.15) is 24.1 Å². The summed E-state index contributed by atoms with van der Waals surface area (Å²) in [7, 11) is 0. The van der Waals surface area contributed by atoms with Crippen LogP contribution in [0.2, 0.25) is 0 Å². The third-order valence-corrected chi connectivity index (χ3v) is 4.83. The van der Waals surface area contributed by atoms with Gasteiger partial charge in [-0.3, -0.25) is 4.57 Å². The molecule has 2 saturated heterocycles. The molecule has 4 rings (SSSR count). The summed E-state index contributed by atoms with van der Waals surface area (Å²) in [6.45, 7) is 3.51. The van der Waals surface area contributed by atoms with Crippen molar-refractivity contribution in [2.45, 2.75) is 48.6 Å². The van der Waals surface area contributed by atoms with Gasteiger partial charge in [0, 0.05) is 4.43 Å². The number of imidazole rings is 1. The van der Waals surface area contributed by atoms with Gasteiger partial charge in [0.2, 0.25) is 0 Å². The fourth-order valence-corrected chi connectivity index (χ4v) is 3.74. The van der Waals surface area contributed by atoms with Crippen molar-refractivity contribution in [3.63, 3.8) is 0 Å². The number of nitrogens with zero attached hydrogens (tertiary/aromatic N) is 4. The van der Waals surface area contributed by atoms with Crippen LogP contribution in [0.4, 0.5) is 0 Å². The normalized spacial score (nSPS) is 31.5. The summed E-state index contributed by atoms with van der Waals surface area (Å²) < 4.78 is 19.7. The maximum absolute atomic E-state index is 11.5. The molecule has 0 amide bonds. The fourth-order valence-electron chi connectivity index (χ4n) is 3.18. The number of aliphatic carboxylic acids is 1. The SMILES string of the molecule is CC1(C)O[C@@H]2[C@H](O1)[C@@H](C(=O)O)O[C@H]2n1cnc2c(CI)ncnc21. The van der Waals surface area contributed by atoms with Crippen molar-refractivity contribution in [2.24, 2.45) is 0 Å². The van der Waals surface area contributed by atoms with Crippen LogP contribution in [0.1, 0.15) is 25.8 Å². The van der Waals surface area contributed by atoms with Gasteiger partial charge < -0.3 is 19.3 Å². The van der Waals surface area contributed by atoms with Crippen molar-refractivity contribution < 1.29 is 24.1 Å². The van der Waals surface area contributed by atoms with Crippen molar-refractivity contribution >= 4 is 39.7 Å². The van der Waals surface area contributed by atoms with Crippen LogP contribution in [0.25, 0.3) is 11.2 Å². The highest BCUT2D eigenvalue weighted by atomic mass is 127. The first kappa shape index (κ1) is 16.1. The Balaban J connectivity index is 1.78. The highest BCUT2D eigenvalue weighted by molar-refractivity contribution is 14.1. The smallest absolute Gasteiger partial charge is 0.335 e. The predicted molar refractivity (Wildman–Crippen MR) is 88.4 cm³/mol. The zero-order valence-electron chi connectivity index (χ0n) is 12.9. The molecule has 128 valence electrons. The number of carboxylic acid groups (broad SMARTS) is 1. The Morgan fingerprint density at radius 3 is 2.79 bits per heavy atom. The van der Waals surface area contributed by atoms with E-state index in [0.29, 0.717) is 15.6 Å². The first-order chi connectivity index (χ1) is 11.4. The highest BCUT2D eigenvalue weighted by Crippen LogP contribution is 2.43. The summed E-state index contributed by atoms with van der Waals surface area (Å²) in [5.74, 6) is -1.95. The van der Waals surface area contributed by atoms with Crippen molar-refractivity contribution in [1.82, 2.24) is 19.5 Å². The Kier molecular flexibility index (Phi) is 3.74. The van der Waals surface area contributed by atoms with Crippen molar-refractivity contribution in [1.29, 1.82) is 0 Å². The molecule has 10 heteroatoms. The molecule has 24 heavy (non-hydrogen) atoms. The zero-order chi connectivity index (χ0) is 17.1. The van der Waals surface area contributed by atoms with Crippen LogP contribution < -0.4 is 0 Å². The molecule has 0 spiro atoms. The Hall–Kier alpha value is -1.37. The number of alkyl halides is 1. The van der Waals surface area contributed by atoms with Crippen molar-refractivity contribution in [2.75, 3.05) is 0 Å². The van der Waals surface area contributed by atoms with Crippen LogP contribution in [0.3, 0.4) is 0 Å². The summed E-state index contributed by atoms with van der Waals surface area (Å²) in [4.78, 5) is 24.4. The van der Waals surface area contributed by atoms with E-state index in [1.165, 1.54) is 6.33 Å². The third kappa shape index (κ3) is 2.39. The molecular weight excluding hydrogens is 431 g/mol. The van der Waals surface area contributed by atoms with Gasteiger partial charge in [-0.25, -0.2) is 19.7 Å². The summed E-state index contributed by atoms with van der Waals surface area (Å²) in [6, 6.07) is 0. The van der Waals surface area contributed by atoms with E-state index in [-0.39, 0.29) is 0 Å². The third-order valence-electron chi connectivity index (χ3n) is 4.11. The molecule has 2 aliphatic heterocycles. The second-order valence-electron chi connectivity index (χ2n) is 6.13. The summed E-state index contributed by atoms with van der Waals surface area (Å²) in [5.41, 5.74) is 2.07. The Bertz CT molecular complexity index is 810. The number of halogens is 1. The quantitative estimate of drug-likeness (QED) is 0.555. The second-order valence-corrected chi connectivity index (χ2v) is 6.89. The number of carboxylic acids is 1. The number of hydrogen-bond donors (Lipinski definition) is 1. The van der Waals surface area contributed by atoms with Crippen LogP contribution in [0.15, 0.2) is 12.7 Å². The largest absolute Gasteiger partial charge is 0.479 e. The van der Waals surface area contributed by atoms with Gasteiger partial charge >= 0.3 is 5.97 Å². The molecule has 9 nitrogen and oxygen atoms in total. The molecule has 4 atom stereocenters. The van der Waals surface area contributed by atoms with Crippen molar-refractivity contribution in [3.05, 3.63) is 18.3 Å². The van der Waals surface area contributed by atoms with Crippen LogP contribution >= 0.6 is 22.6 Å². The lowest BCUT2D eigenvalue weighted by atomic mass is 10.1.